The van der Waals surface area contributed by atoms with E-state index in [2.05, 4.69) is 9.88 Å². The molecule has 8 heteroatoms. The van der Waals surface area contributed by atoms with Gasteiger partial charge in [-0.3, -0.25) is 0 Å². The first kappa shape index (κ1) is 14.6. The number of benzene rings is 1. The third-order valence-corrected chi connectivity index (χ3v) is 4.01. The van der Waals surface area contributed by atoms with Crippen molar-refractivity contribution in [3.05, 3.63) is 47.1 Å². The summed E-state index contributed by atoms with van der Waals surface area (Å²) in [5.74, 6) is -0.284. The van der Waals surface area contributed by atoms with Gasteiger partial charge in [0, 0.05) is 11.6 Å². The first-order valence-electron chi connectivity index (χ1n) is 5.73. The zero-order chi connectivity index (χ0) is 14.8. The molecule has 0 aliphatic rings. The van der Waals surface area contributed by atoms with Gasteiger partial charge in [0.05, 0.1) is 23.7 Å². The number of aliphatic hydroxyl groups excluding tert-OH is 1. The third kappa shape index (κ3) is 3.21. The van der Waals surface area contributed by atoms with Crippen LogP contribution in [0.3, 0.4) is 0 Å². The Labute approximate surface area is 115 Å². The second kappa shape index (κ2) is 5.70. The summed E-state index contributed by atoms with van der Waals surface area (Å²) in [5, 5.41) is 12.6. The molecule has 2 N–H and O–H groups in total. The van der Waals surface area contributed by atoms with Gasteiger partial charge in [-0.1, -0.05) is 5.16 Å². The van der Waals surface area contributed by atoms with Crippen molar-refractivity contribution in [1.29, 1.82) is 0 Å². The molecule has 6 nitrogen and oxygen atoms in total. The van der Waals surface area contributed by atoms with Gasteiger partial charge in [0.2, 0.25) is 10.0 Å². The van der Waals surface area contributed by atoms with Crippen LogP contribution in [0.4, 0.5) is 4.39 Å². The standard InChI is InChI=1S/C12H13FN2O4S/c1-8-4-10(19-15-8)6-14-20(17,18)11-2-3-12(13)9(5-11)7-16/h2-5,14,16H,6-7H2,1H3. The number of aliphatic hydroxyl groups is 1. The molecule has 0 bridgehead atoms. The van der Waals surface area contributed by atoms with Gasteiger partial charge in [-0.15, -0.1) is 0 Å². The molecular weight excluding hydrogens is 287 g/mol. The fourth-order valence-corrected chi connectivity index (χ4v) is 2.63. The molecule has 0 saturated carbocycles. The van der Waals surface area contributed by atoms with Gasteiger partial charge in [-0.05, 0) is 25.1 Å². The monoisotopic (exact) mass is 300 g/mol. The molecule has 108 valence electrons. The molecule has 0 atom stereocenters. The van der Waals surface area contributed by atoms with E-state index < -0.39 is 22.4 Å². The Balaban J connectivity index is 2.17. The van der Waals surface area contributed by atoms with Gasteiger partial charge >= 0.3 is 0 Å². The van der Waals surface area contributed by atoms with Crippen LogP contribution in [0.1, 0.15) is 17.0 Å². The van der Waals surface area contributed by atoms with Gasteiger partial charge in [0.25, 0.3) is 0 Å². The molecule has 0 unspecified atom stereocenters. The van der Waals surface area contributed by atoms with E-state index in [1.807, 2.05) is 0 Å². The largest absolute Gasteiger partial charge is 0.392 e. The Bertz CT molecular complexity index is 712. The topological polar surface area (TPSA) is 92.4 Å². The molecule has 20 heavy (non-hydrogen) atoms. The van der Waals surface area contributed by atoms with Gasteiger partial charge in [-0.2, -0.15) is 0 Å². The highest BCUT2D eigenvalue weighted by Crippen LogP contribution is 2.15. The number of nitrogens with zero attached hydrogens (tertiary/aromatic N) is 1. The minimum atomic E-state index is -3.81. The fraction of sp³-hybridized carbons (Fsp3) is 0.250. The van der Waals surface area contributed by atoms with E-state index in [-0.39, 0.29) is 17.0 Å². The van der Waals surface area contributed by atoms with Crippen LogP contribution < -0.4 is 4.72 Å². The molecule has 0 radical (unpaired) electrons. The molecule has 1 aromatic carbocycles. The highest BCUT2D eigenvalue weighted by Gasteiger charge is 2.16. The van der Waals surface area contributed by atoms with Crippen molar-refractivity contribution >= 4 is 10.0 Å². The summed E-state index contributed by atoms with van der Waals surface area (Å²) in [6.45, 7) is 1.08. The van der Waals surface area contributed by atoms with Gasteiger partial charge < -0.3 is 9.63 Å². The lowest BCUT2D eigenvalue weighted by atomic mass is 10.2. The molecule has 0 fully saturated rings. The number of hydrogen-bond acceptors (Lipinski definition) is 5. The maximum absolute atomic E-state index is 13.2. The van der Waals surface area contributed by atoms with Gasteiger partial charge in [0.15, 0.2) is 5.76 Å². The summed E-state index contributed by atoms with van der Waals surface area (Å²) in [5.41, 5.74) is 0.562. The highest BCUT2D eigenvalue weighted by molar-refractivity contribution is 7.89. The minimum absolute atomic E-state index is 0.0605. The van der Waals surface area contributed by atoms with Crippen LogP contribution in [0, 0.1) is 12.7 Å². The summed E-state index contributed by atoms with van der Waals surface area (Å²) in [4.78, 5) is -0.126. The number of hydrogen-bond donors (Lipinski definition) is 2. The van der Waals surface area contributed by atoms with E-state index in [0.29, 0.717) is 11.5 Å². The molecule has 0 amide bonds. The van der Waals surface area contributed by atoms with E-state index in [9.17, 15) is 12.8 Å². The second-order valence-corrected chi connectivity index (χ2v) is 5.94. The Hall–Kier alpha value is -1.77. The first-order valence-corrected chi connectivity index (χ1v) is 7.22. The number of rotatable bonds is 5. The third-order valence-electron chi connectivity index (χ3n) is 2.61. The molecule has 0 aliphatic heterocycles. The van der Waals surface area contributed by atoms with Crippen LogP contribution in [-0.2, 0) is 23.2 Å². The maximum Gasteiger partial charge on any atom is 0.240 e. The Morgan fingerprint density at radius 3 is 2.75 bits per heavy atom. The number of aromatic nitrogens is 1. The predicted octanol–water partition coefficient (Wildman–Crippen LogP) is 1.09. The lowest BCUT2D eigenvalue weighted by molar-refractivity contribution is 0.275. The fourth-order valence-electron chi connectivity index (χ4n) is 1.59. The van der Waals surface area contributed by atoms with E-state index in [1.54, 1.807) is 13.0 Å². The number of nitrogens with one attached hydrogen (secondary N) is 1. The van der Waals surface area contributed by atoms with Crippen molar-refractivity contribution in [2.45, 2.75) is 25.0 Å². The van der Waals surface area contributed by atoms with Crippen molar-refractivity contribution in [2.24, 2.45) is 0 Å². The Kier molecular flexibility index (Phi) is 4.17. The summed E-state index contributed by atoms with van der Waals surface area (Å²) in [7, 11) is -3.81. The Morgan fingerprint density at radius 1 is 1.40 bits per heavy atom. The van der Waals surface area contributed by atoms with Crippen molar-refractivity contribution in [3.8, 4) is 0 Å². The predicted molar refractivity (Wildman–Crippen MR) is 67.6 cm³/mol. The summed E-state index contributed by atoms with van der Waals surface area (Å²) in [6, 6.07) is 4.82. The number of sulfonamides is 1. The van der Waals surface area contributed by atoms with Crippen molar-refractivity contribution in [1.82, 2.24) is 9.88 Å². The van der Waals surface area contributed by atoms with Crippen molar-refractivity contribution < 1.29 is 22.4 Å². The van der Waals surface area contributed by atoms with Gasteiger partial charge in [0.1, 0.15) is 5.82 Å². The van der Waals surface area contributed by atoms with E-state index in [0.717, 1.165) is 18.2 Å². The smallest absolute Gasteiger partial charge is 0.240 e. The zero-order valence-corrected chi connectivity index (χ0v) is 11.4. The molecular formula is C12H13FN2O4S. The molecule has 1 aromatic heterocycles. The normalized spacial score (nSPS) is 11.8. The lowest BCUT2D eigenvalue weighted by Gasteiger charge is -2.07. The molecule has 0 saturated heterocycles. The lowest BCUT2D eigenvalue weighted by Crippen LogP contribution is -2.23. The number of aryl methyl sites for hydroxylation is 1. The van der Waals surface area contributed by atoms with Crippen LogP contribution in [0.5, 0.6) is 0 Å². The molecule has 2 rings (SSSR count). The summed E-state index contributed by atoms with van der Waals surface area (Å²) < 4.78 is 44.4. The van der Waals surface area contributed by atoms with Crippen LogP contribution >= 0.6 is 0 Å². The zero-order valence-electron chi connectivity index (χ0n) is 10.6. The van der Waals surface area contributed by atoms with Crippen LogP contribution in [0.15, 0.2) is 33.7 Å². The van der Waals surface area contributed by atoms with Crippen molar-refractivity contribution in [3.63, 3.8) is 0 Å². The molecule has 0 spiro atoms. The van der Waals surface area contributed by atoms with Crippen LogP contribution in [0.25, 0.3) is 0 Å². The Morgan fingerprint density at radius 2 is 2.15 bits per heavy atom. The van der Waals surface area contributed by atoms with Crippen LogP contribution in [0.2, 0.25) is 0 Å². The van der Waals surface area contributed by atoms with Crippen molar-refractivity contribution in [2.75, 3.05) is 0 Å². The maximum atomic E-state index is 13.2. The average Bonchev–Trinajstić information content (AvgIpc) is 2.83. The minimum Gasteiger partial charge on any atom is -0.392 e. The number of halogens is 1. The highest BCUT2D eigenvalue weighted by atomic mass is 32.2. The van der Waals surface area contributed by atoms with E-state index in [1.165, 1.54) is 0 Å². The van der Waals surface area contributed by atoms with Crippen LogP contribution in [-0.4, -0.2) is 18.7 Å². The molecule has 0 aliphatic carbocycles. The second-order valence-electron chi connectivity index (χ2n) is 4.17. The van der Waals surface area contributed by atoms with E-state index in [4.69, 9.17) is 9.63 Å². The van der Waals surface area contributed by atoms with E-state index >= 15 is 0 Å². The first-order chi connectivity index (χ1) is 9.42. The molecule has 2 aromatic rings. The average molecular weight is 300 g/mol. The quantitative estimate of drug-likeness (QED) is 0.862. The summed E-state index contributed by atoms with van der Waals surface area (Å²) >= 11 is 0. The SMILES string of the molecule is Cc1cc(CNS(=O)(=O)c2ccc(F)c(CO)c2)on1. The summed E-state index contributed by atoms with van der Waals surface area (Å²) in [6.07, 6.45) is 0. The van der Waals surface area contributed by atoms with Gasteiger partial charge in [-0.25, -0.2) is 17.5 Å². The molecule has 1 heterocycles.